The minimum atomic E-state index is 0.749. The summed E-state index contributed by atoms with van der Waals surface area (Å²) in [5.74, 6) is 0. The molecule has 2 rings (SSSR count). The number of nitrogen functional groups attached to an aromatic ring is 1. The minimum absolute atomic E-state index is 0.749. The van der Waals surface area contributed by atoms with Crippen LogP contribution in [0.25, 0.3) is 22.9 Å². The lowest BCUT2D eigenvalue weighted by molar-refractivity contribution is 1.65. The molecular weight excluding hydrogens is 182 g/mol. The van der Waals surface area contributed by atoms with E-state index < -0.39 is 0 Å². The molecule has 2 aromatic rings. The Morgan fingerprint density at radius 2 is 1.67 bits per heavy atom. The molecule has 1 nitrogen and oxygen atoms in total. The number of fused-ring (bicyclic) bond motifs is 1. The van der Waals surface area contributed by atoms with Gasteiger partial charge in [0.15, 0.2) is 0 Å². The van der Waals surface area contributed by atoms with Crippen molar-refractivity contribution in [3.8, 4) is 0 Å². The molecule has 0 aromatic heterocycles. The quantitative estimate of drug-likeness (QED) is 0.726. The summed E-state index contributed by atoms with van der Waals surface area (Å²) < 4.78 is 0. The summed E-state index contributed by atoms with van der Waals surface area (Å²) in [5.41, 5.74) is 8.72. The number of rotatable bonds is 2. The lowest BCUT2D eigenvalue weighted by atomic mass is 9.97. The van der Waals surface area contributed by atoms with Crippen molar-refractivity contribution in [3.05, 3.63) is 54.6 Å². The molecule has 0 saturated carbocycles. The average molecular weight is 195 g/mol. The van der Waals surface area contributed by atoms with Crippen LogP contribution in [0.5, 0.6) is 0 Å². The maximum atomic E-state index is 5.95. The van der Waals surface area contributed by atoms with Crippen LogP contribution in [0.4, 0.5) is 5.69 Å². The summed E-state index contributed by atoms with van der Waals surface area (Å²) in [6, 6.07) is 10.1. The van der Waals surface area contributed by atoms with Gasteiger partial charge in [0.1, 0.15) is 0 Å². The van der Waals surface area contributed by atoms with E-state index in [1.54, 1.807) is 6.08 Å². The van der Waals surface area contributed by atoms with Gasteiger partial charge in [-0.05, 0) is 22.4 Å². The van der Waals surface area contributed by atoms with Crippen LogP contribution in [0.3, 0.4) is 0 Å². The molecule has 0 unspecified atom stereocenters. The number of hydrogen-bond donors (Lipinski definition) is 1. The zero-order chi connectivity index (χ0) is 10.8. The average Bonchev–Trinajstić information content (AvgIpc) is 2.27. The predicted molar refractivity (Wildman–Crippen MR) is 68.5 cm³/mol. The van der Waals surface area contributed by atoms with Gasteiger partial charge in [-0.3, -0.25) is 0 Å². The Morgan fingerprint density at radius 1 is 1.00 bits per heavy atom. The Kier molecular flexibility index (Phi) is 2.30. The van der Waals surface area contributed by atoms with Crippen LogP contribution in [0, 0.1) is 0 Å². The summed E-state index contributed by atoms with van der Waals surface area (Å²) >= 11 is 0. The zero-order valence-electron chi connectivity index (χ0n) is 8.53. The number of nitrogens with two attached hydrogens (primary N) is 1. The van der Waals surface area contributed by atoms with Crippen molar-refractivity contribution < 1.29 is 0 Å². The molecule has 0 aliphatic rings. The lowest BCUT2D eigenvalue weighted by Crippen LogP contribution is -1.93. The van der Waals surface area contributed by atoms with Crippen molar-refractivity contribution in [1.82, 2.24) is 0 Å². The van der Waals surface area contributed by atoms with Gasteiger partial charge < -0.3 is 5.73 Å². The van der Waals surface area contributed by atoms with E-state index in [-0.39, 0.29) is 0 Å². The van der Waals surface area contributed by atoms with Gasteiger partial charge >= 0.3 is 0 Å². The van der Waals surface area contributed by atoms with Crippen LogP contribution >= 0.6 is 0 Å². The van der Waals surface area contributed by atoms with E-state index in [1.807, 2.05) is 30.3 Å². The molecule has 0 bridgehead atoms. The van der Waals surface area contributed by atoms with Gasteiger partial charge in [0.2, 0.25) is 0 Å². The maximum Gasteiger partial charge on any atom is 0.0399 e. The Bertz CT molecular complexity index is 538. The van der Waals surface area contributed by atoms with Gasteiger partial charge in [0.05, 0.1) is 0 Å². The molecule has 2 aromatic carbocycles. The minimum Gasteiger partial charge on any atom is -0.398 e. The van der Waals surface area contributed by atoms with Gasteiger partial charge in [0, 0.05) is 11.3 Å². The maximum absolute atomic E-state index is 5.95. The van der Waals surface area contributed by atoms with E-state index in [0.29, 0.717) is 0 Å². The standard InChI is InChI=1S/C14H13N/c1-3-11-12(4-2)14(15)9-10-7-5-6-8-13(10)11/h3-9H,1-2,15H2. The molecule has 2 N–H and O–H groups in total. The van der Waals surface area contributed by atoms with E-state index in [1.165, 1.54) is 0 Å². The normalized spacial score (nSPS) is 10.1. The smallest absolute Gasteiger partial charge is 0.0399 e. The summed E-state index contributed by atoms with van der Waals surface area (Å²) in [7, 11) is 0. The number of hydrogen-bond acceptors (Lipinski definition) is 1. The van der Waals surface area contributed by atoms with Crippen LogP contribution in [-0.4, -0.2) is 0 Å². The molecule has 0 fully saturated rings. The van der Waals surface area contributed by atoms with Crippen molar-refractivity contribution in [3.63, 3.8) is 0 Å². The van der Waals surface area contributed by atoms with Crippen molar-refractivity contribution in [2.24, 2.45) is 0 Å². The molecule has 0 spiro atoms. The number of benzene rings is 2. The first-order valence-corrected chi connectivity index (χ1v) is 4.84. The first kappa shape index (κ1) is 9.53. The van der Waals surface area contributed by atoms with E-state index in [0.717, 1.165) is 27.6 Å². The zero-order valence-corrected chi connectivity index (χ0v) is 8.53. The van der Waals surface area contributed by atoms with Crippen LogP contribution in [-0.2, 0) is 0 Å². The summed E-state index contributed by atoms with van der Waals surface area (Å²) in [5, 5.41) is 2.30. The first-order chi connectivity index (χ1) is 7.27. The van der Waals surface area contributed by atoms with Gasteiger partial charge in [0.25, 0.3) is 0 Å². The Morgan fingerprint density at radius 3 is 2.33 bits per heavy atom. The Labute approximate surface area is 89.5 Å². The molecule has 0 atom stereocenters. The summed E-state index contributed by atoms with van der Waals surface area (Å²) in [4.78, 5) is 0. The highest BCUT2D eigenvalue weighted by Crippen LogP contribution is 2.29. The van der Waals surface area contributed by atoms with Crippen LogP contribution in [0.2, 0.25) is 0 Å². The molecule has 0 saturated heterocycles. The molecule has 0 aliphatic heterocycles. The summed E-state index contributed by atoms with van der Waals surface area (Å²) in [6.45, 7) is 7.61. The van der Waals surface area contributed by atoms with E-state index in [2.05, 4.69) is 19.2 Å². The van der Waals surface area contributed by atoms with Crippen molar-refractivity contribution >= 4 is 28.6 Å². The lowest BCUT2D eigenvalue weighted by Gasteiger charge is -2.09. The largest absolute Gasteiger partial charge is 0.398 e. The van der Waals surface area contributed by atoms with Gasteiger partial charge in [-0.2, -0.15) is 0 Å². The van der Waals surface area contributed by atoms with Gasteiger partial charge in [-0.25, -0.2) is 0 Å². The molecule has 1 heteroatoms. The summed E-state index contributed by atoms with van der Waals surface area (Å²) in [6.07, 6.45) is 3.61. The van der Waals surface area contributed by atoms with Crippen molar-refractivity contribution in [2.45, 2.75) is 0 Å². The van der Waals surface area contributed by atoms with E-state index in [4.69, 9.17) is 5.73 Å². The topological polar surface area (TPSA) is 26.0 Å². The SMILES string of the molecule is C=Cc1c(N)cc2ccccc2c1C=C. The third kappa shape index (κ3) is 1.42. The predicted octanol–water partition coefficient (Wildman–Crippen LogP) is 3.71. The second-order valence-corrected chi connectivity index (χ2v) is 3.42. The third-order valence-corrected chi connectivity index (χ3v) is 2.57. The fraction of sp³-hybridized carbons (Fsp3) is 0. The van der Waals surface area contributed by atoms with E-state index >= 15 is 0 Å². The third-order valence-electron chi connectivity index (χ3n) is 2.57. The van der Waals surface area contributed by atoms with Crippen LogP contribution < -0.4 is 5.73 Å². The number of anilines is 1. The monoisotopic (exact) mass is 195 g/mol. The molecule has 74 valence electrons. The highest BCUT2D eigenvalue weighted by Gasteiger charge is 2.05. The molecule has 0 radical (unpaired) electrons. The Balaban J connectivity index is 2.97. The highest BCUT2D eigenvalue weighted by atomic mass is 14.6. The van der Waals surface area contributed by atoms with Crippen molar-refractivity contribution in [2.75, 3.05) is 5.73 Å². The highest BCUT2D eigenvalue weighted by molar-refractivity contribution is 5.97. The second-order valence-electron chi connectivity index (χ2n) is 3.42. The van der Waals surface area contributed by atoms with Crippen LogP contribution in [0.15, 0.2) is 43.5 Å². The molecular formula is C14H13N. The van der Waals surface area contributed by atoms with E-state index in [9.17, 15) is 0 Å². The first-order valence-electron chi connectivity index (χ1n) is 4.84. The van der Waals surface area contributed by atoms with Crippen molar-refractivity contribution in [1.29, 1.82) is 0 Å². The molecule has 0 heterocycles. The molecule has 0 amide bonds. The van der Waals surface area contributed by atoms with Gasteiger partial charge in [-0.15, -0.1) is 0 Å². The Hall–Kier alpha value is -2.02. The molecule has 0 aliphatic carbocycles. The fourth-order valence-electron chi connectivity index (χ4n) is 1.86. The van der Waals surface area contributed by atoms with Crippen LogP contribution in [0.1, 0.15) is 11.1 Å². The second kappa shape index (κ2) is 3.62. The van der Waals surface area contributed by atoms with Gasteiger partial charge in [-0.1, -0.05) is 49.6 Å². The fourth-order valence-corrected chi connectivity index (χ4v) is 1.86. The molecule has 15 heavy (non-hydrogen) atoms.